The van der Waals surface area contributed by atoms with Crippen LogP contribution in [-0.4, -0.2) is 56.1 Å². The molecule has 0 radical (unpaired) electrons. The topological polar surface area (TPSA) is 64.7 Å². The molecule has 0 aliphatic carbocycles. The molecule has 1 aromatic carbocycles. The first-order valence-electron chi connectivity index (χ1n) is 7.92. The first kappa shape index (κ1) is 18.8. The highest BCUT2D eigenvalue weighted by Gasteiger charge is 2.30. The summed E-state index contributed by atoms with van der Waals surface area (Å²) in [6, 6.07) is 5.25. The Labute approximate surface area is 152 Å². The summed E-state index contributed by atoms with van der Waals surface area (Å²) in [7, 11) is 1.89. The van der Waals surface area contributed by atoms with Crippen molar-refractivity contribution in [1.82, 2.24) is 15.5 Å². The molecule has 132 valence electrons. The maximum absolute atomic E-state index is 12.9. The van der Waals surface area contributed by atoms with Crippen LogP contribution in [0.15, 0.2) is 18.2 Å². The summed E-state index contributed by atoms with van der Waals surface area (Å²) >= 11 is 6.26. The minimum absolute atomic E-state index is 0. The number of carbonyl (C=O) groups is 2. The summed E-state index contributed by atoms with van der Waals surface area (Å²) in [5, 5.41) is 6.32. The van der Waals surface area contributed by atoms with Gasteiger partial charge in [0, 0.05) is 37.9 Å². The van der Waals surface area contributed by atoms with Gasteiger partial charge < -0.3 is 15.5 Å². The Morgan fingerprint density at radius 3 is 2.88 bits per heavy atom. The number of urea groups is 1. The quantitative estimate of drug-likeness (QED) is 0.850. The summed E-state index contributed by atoms with van der Waals surface area (Å²) in [4.78, 5) is 28.2. The second-order valence-electron chi connectivity index (χ2n) is 5.90. The second-order valence-corrected chi connectivity index (χ2v) is 6.31. The number of hydrogen-bond donors (Lipinski definition) is 2. The standard InChI is InChI=1S/C16H21ClN4O2.ClH/c1-18-10-12-3-2-7-20(12)15(22)13-9-11(4-5-14(13)17)21-8-6-19-16(21)23;/h4-5,9,12,18H,2-3,6-8,10H2,1H3,(H,19,23);1H. The van der Waals surface area contributed by atoms with E-state index in [-0.39, 0.29) is 30.4 Å². The van der Waals surface area contributed by atoms with Gasteiger partial charge in [-0.3, -0.25) is 9.69 Å². The molecule has 2 N–H and O–H groups in total. The third-order valence-electron chi connectivity index (χ3n) is 4.43. The van der Waals surface area contributed by atoms with Crippen molar-refractivity contribution in [1.29, 1.82) is 0 Å². The maximum Gasteiger partial charge on any atom is 0.321 e. The molecule has 24 heavy (non-hydrogen) atoms. The third-order valence-corrected chi connectivity index (χ3v) is 4.76. The van der Waals surface area contributed by atoms with Crippen LogP contribution in [0.4, 0.5) is 10.5 Å². The zero-order valence-corrected chi connectivity index (χ0v) is 15.1. The van der Waals surface area contributed by atoms with Gasteiger partial charge in [0.2, 0.25) is 0 Å². The van der Waals surface area contributed by atoms with E-state index in [1.165, 1.54) is 0 Å². The van der Waals surface area contributed by atoms with E-state index in [0.29, 0.717) is 29.4 Å². The molecule has 1 atom stereocenters. The van der Waals surface area contributed by atoms with Crippen LogP contribution in [0.3, 0.4) is 0 Å². The molecule has 0 spiro atoms. The SMILES string of the molecule is CNCC1CCCN1C(=O)c1cc(N2CCNC2=O)ccc1Cl.Cl. The predicted octanol–water partition coefficient (Wildman–Crippen LogP) is 2.12. The number of likely N-dealkylation sites (N-methyl/N-ethyl adjacent to an activating group) is 1. The van der Waals surface area contributed by atoms with Crippen LogP contribution < -0.4 is 15.5 Å². The van der Waals surface area contributed by atoms with Crippen LogP contribution >= 0.6 is 24.0 Å². The van der Waals surface area contributed by atoms with Crippen molar-refractivity contribution in [3.63, 3.8) is 0 Å². The lowest BCUT2D eigenvalue weighted by atomic mass is 10.1. The Morgan fingerprint density at radius 1 is 1.42 bits per heavy atom. The molecule has 0 saturated carbocycles. The van der Waals surface area contributed by atoms with Gasteiger partial charge in [0.15, 0.2) is 0 Å². The largest absolute Gasteiger partial charge is 0.336 e. The molecule has 2 fully saturated rings. The van der Waals surface area contributed by atoms with E-state index in [1.807, 2.05) is 11.9 Å². The minimum atomic E-state index is -0.139. The minimum Gasteiger partial charge on any atom is -0.336 e. The van der Waals surface area contributed by atoms with Crippen molar-refractivity contribution < 1.29 is 9.59 Å². The van der Waals surface area contributed by atoms with Gasteiger partial charge in [-0.15, -0.1) is 12.4 Å². The summed E-state index contributed by atoms with van der Waals surface area (Å²) < 4.78 is 0. The number of nitrogens with one attached hydrogen (secondary N) is 2. The average Bonchev–Trinajstić information content (AvgIpc) is 3.17. The van der Waals surface area contributed by atoms with Crippen LogP contribution in [0.5, 0.6) is 0 Å². The predicted molar refractivity (Wildman–Crippen MR) is 97.4 cm³/mol. The molecule has 3 rings (SSSR count). The molecule has 0 aromatic heterocycles. The lowest BCUT2D eigenvalue weighted by Gasteiger charge is -2.25. The number of likely N-dealkylation sites (tertiary alicyclic amines) is 1. The van der Waals surface area contributed by atoms with Gasteiger partial charge in [-0.1, -0.05) is 11.6 Å². The van der Waals surface area contributed by atoms with Crippen molar-refractivity contribution in [2.45, 2.75) is 18.9 Å². The summed E-state index contributed by atoms with van der Waals surface area (Å²) in [6.07, 6.45) is 2.00. The van der Waals surface area contributed by atoms with Crippen molar-refractivity contribution in [3.8, 4) is 0 Å². The molecule has 0 bridgehead atoms. The molecule has 6 nitrogen and oxygen atoms in total. The third kappa shape index (κ3) is 3.61. The van der Waals surface area contributed by atoms with E-state index in [4.69, 9.17) is 11.6 Å². The Morgan fingerprint density at radius 2 is 2.21 bits per heavy atom. The van der Waals surface area contributed by atoms with Gasteiger partial charge in [0.25, 0.3) is 5.91 Å². The number of benzene rings is 1. The molecule has 1 unspecified atom stereocenters. The molecule has 1 aromatic rings. The van der Waals surface area contributed by atoms with E-state index in [2.05, 4.69) is 10.6 Å². The van der Waals surface area contributed by atoms with Crippen molar-refractivity contribution in [2.24, 2.45) is 0 Å². The van der Waals surface area contributed by atoms with Crippen molar-refractivity contribution >= 4 is 41.6 Å². The maximum atomic E-state index is 12.9. The van der Waals surface area contributed by atoms with Gasteiger partial charge >= 0.3 is 6.03 Å². The fourth-order valence-electron chi connectivity index (χ4n) is 3.27. The molecule has 8 heteroatoms. The Bertz CT molecular complexity index is 626. The highest BCUT2D eigenvalue weighted by molar-refractivity contribution is 6.34. The summed E-state index contributed by atoms with van der Waals surface area (Å²) in [5.41, 5.74) is 1.17. The van der Waals surface area contributed by atoms with Crippen LogP contribution in [0.25, 0.3) is 0 Å². The first-order valence-corrected chi connectivity index (χ1v) is 8.30. The lowest BCUT2D eigenvalue weighted by Crippen LogP contribution is -2.41. The number of halogens is 2. The van der Waals surface area contributed by atoms with Crippen LogP contribution in [0.2, 0.25) is 5.02 Å². The van der Waals surface area contributed by atoms with Crippen LogP contribution in [0, 0.1) is 0 Å². The smallest absolute Gasteiger partial charge is 0.321 e. The van der Waals surface area contributed by atoms with Crippen molar-refractivity contribution in [3.05, 3.63) is 28.8 Å². The summed E-state index contributed by atoms with van der Waals surface area (Å²) in [6.45, 7) is 2.73. The fourth-order valence-corrected chi connectivity index (χ4v) is 3.47. The van der Waals surface area contributed by atoms with Crippen LogP contribution in [-0.2, 0) is 0 Å². The molecule has 3 amide bonds. The number of anilines is 1. The van der Waals surface area contributed by atoms with E-state index < -0.39 is 0 Å². The molecule has 2 heterocycles. The summed E-state index contributed by atoms with van der Waals surface area (Å²) in [5.74, 6) is -0.0609. The second kappa shape index (κ2) is 8.05. The van der Waals surface area contributed by atoms with Gasteiger partial charge in [-0.2, -0.15) is 0 Å². The van der Waals surface area contributed by atoms with Gasteiger partial charge in [0.05, 0.1) is 10.6 Å². The molecular weight excluding hydrogens is 351 g/mol. The van der Waals surface area contributed by atoms with E-state index in [9.17, 15) is 9.59 Å². The van der Waals surface area contributed by atoms with E-state index in [0.717, 1.165) is 25.9 Å². The normalized spacial score (nSPS) is 20.1. The first-order chi connectivity index (χ1) is 11.1. The van der Waals surface area contributed by atoms with Crippen molar-refractivity contribution in [2.75, 3.05) is 38.1 Å². The molecule has 2 aliphatic heterocycles. The molecular formula is C16H22Cl2N4O2. The zero-order valence-electron chi connectivity index (χ0n) is 13.5. The van der Waals surface area contributed by atoms with Gasteiger partial charge in [0.1, 0.15) is 0 Å². The van der Waals surface area contributed by atoms with Gasteiger partial charge in [-0.05, 0) is 38.1 Å². The highest BCUT2D eigenvalue weighted by Crippen LogP contribution is 2.28. The number of hydrogen-bond acceptors (Lipinski definition) is 3. The molecule has 2 aliphatic rings. The highest BCUT2D eigenvalue weighted by atomic mass is 35.5. The number of nitrogens with zero attached hydrogens (tertiary/aromatic N) is 2. The zero-order chi connectivity index (χ0) is 16.4. The monoisotopic (exact) mass is 372 g/mol. The lowest BCUT2D eigenvalue weighted by molar-refractivity contribution is 0.0737. The van der Waals surface area contributed by atoms with E-state index in [1.54, 1.807) is 23.1 Å². The fraction of sp³-hybridized carbons (Fsp3) is 0.500. The van der Waals surface area contributed by atoms with Gasteiger partial charge in [-0.25, -0.2) is 4.79 Å². The number of amides is 3. The molecule has 2 saturated heterocycles. The Balaban J connectivity index is 0.00000208. The number of rotatable bonds is 4. The van der Waals surface area contributed by atoms with Crippen LogP contribution in [0.1, 0.15) is 23.2 Å². The Hall–Kier alpha value is -1.50. The van der Waals surface area contributed by atoms with E-state index >= 15 is 0 Å². The Kier molecular flexibility index (Phi) is 6.32. The number of carbonyl (C=O) groups excluding carboxylic acids is 2. The average molecular weight is 373 g/mol.